The van der Waals surface area contributed by atoms with Crippen molar-refractivity contribution in [1.82, 2.24) is 0 Å². The van der Waals surface area contributed by atoms with Crippen molar-refractivity contribution in [1.29, 1.82) is 0 Å². The van der Waals surface area contributed by atoms with Crippen LogP contribution in [0.5, 0.6) is 0 Å². The molecule has 0 bridgehead atoms. The Balaban J connectivity index is 4.06. The normalized spacial score (nSPS) is 11.7. The third-order valence-corrected chi connectivity index (χ3v) is 3.44. The molecule has 0 aromatic rings. The summed E-state index contributed by atoms with van der Waals surface area (Å²) in [6, 6.07) is 0. The molecule has 0 unspecified atom stereocenters. The predicted octanol–water partition coefficient (Wildman–Crippen LogP) is 4.25. The van der Waals surface area contributed by atoms with Gasteiger partial charge in [0, 0.05) is 0 Å². The van der Waals surface area contributed by atoms with E-state index in [0.29, 0.717) is 6.61 Å². The van der Waals surface area contributed by atoms with E-state index in [2.05, 4.69) is 20.8 Å². The van der Waals surface area contributed by atoms with Gasteiger partial charge in [-0.05, 0) is 18.3 Å². The lowest BCUT2D eigenvalue weighted by Crippen LogP contribution is -2.25. The molecule has 0 aromatic heterocycles. The molecular formula is C15H30O3. The molecular weight excluding hydrogens is 228 g/mol. The Morgan fingerprint density at radius 1 is 1.06 bits per heavy atom. The van der Waals surface area contributed by atoms with Crippen LogP contribution in [0.4, 0.5) is 0 Å². The molecule has 18 heavy (non-hydrogen) atoms. The van der Waals surface area contributed by atoms with E-state index in [1.54, 1.807) is 0 Å². The van der Waals surface area contributed by atoms with Crippen LogP contribution in [0.2, 0.25) is 0 Å². The van der Waals surface area contributed by atoms with Crippen molar-refractivity contribution in [3.63, 3.8) is 0 Å². The molecule has 0 radical (unpaired) electrons. The topological polar surface area (TPSA) is 46.5 Å². The lowest BCUT2D eigenvalue weighted by molar-refractivity contribution is -0.143. The van der Waals surface area contributed by atoms with Gasteiger partial charge in [-0.25, -0.2) is 4.79 Å². The summed E-state index contributed by atoms with van der Waals surface area (Å²) in [6.45, 7) is 7.05. The van der Waals surface area contributed by atoms with Gasteiger partial charge in [0.2, 0.25) is 0 Å². The predicted molar refractivity (Wildman–Crippen MR) is 74.8 cm³/mol. The summed E-state index contributed by atoms with van der Waals surface area (Å²) < 4.78 is 5.32. The first kappa shape index (κ1) is 17.4. The summed E-state index contributed by atoms with van der Waals surface area (Å²) in [6.07, 6.45) is 9.67. The van der Waals surface area contributed by atoms with Crippen molar-refractivity contribution < 1.29 is 14.6 Å². The van der Waals surface area contributed by atoms with Gasteiger partial charge in [0.1, 0.15) is 6.61 Å². The van der Waals surface area contributed by atoms with Gasteiger partial charge in [0.05, 0.1) is 6.61 Å². The molecule has 0 heterocycles. The third kappa shape index (κ3) is 9.46. The smallest absolute Gasteiger partial charge is 0.329 e. The number of carbonyl (C=O) groups is 1. The highest BCUT2D eigenvalue weighted by molar-refractivity contribution is 5.67. The molecule has 0 aliphatic rings. The highest BCUT2D eigenvalue weighted by atomic mass is 16.5. The fourth-order valence-corrected chi connectivity index (χ4v) is 2.26. The molecule has 0 amide bonds. The van der Waals surface area contributed by atoms with Gasteiger partial charge >= 0.3 is 5.97 Å². The third-order valence-electron chi connectivity index (χ3n) is 3.44. The first-order chi connectivity index (χ1) is 8.54. The van der Waals surface area contributed by atoms with Gasteiger partial charge in [-0.2, -0.15) is 0 Å². The zero-order chi connectivity index (χ0) is 13.9. The highest BCUT2D eigenvalue weighted by Crippen LogP contribution is 2.31. The van der Waals surface area contributed by atoms with Crippen LogP contribution in [0.25, 0.3) is 0 Å². The summed E-state index contributed by atoms with van der Waals surface area (Å²) in [5.74, 6) is -0.875. The molecule has 3 nitrogen and oxygen atoms in total. The number of rotatable bonds is 12. The first-order valence-electron chi connectivity index (χ1n) is 7.33. The van der Waals surface area contributed by atoms with E-state index < -0.39 is 5.97 Å². The number of aliphatic carboxylic acids is 1. The SMILES string of the molecule is CCCCCC(C)(CCCCC)COCC(=O)O. The van der Waals surface area contributed by atoms with E-state index in [9.17, 15) is 4.79 Å². The number of unbranched alkanes of at least 4 members (excludes halogenated alkanes) is 4. The van der Waals surface area contributed by atoms with Gasteiger partial charge in [-0.1, -0.05) is 59.3 Å². The highest BCUT2D eigenvalue weighted by Gasteiger charge is 2.23. The Morgan fingerprint density at radius 3 is 1.94 bits per heavy atom. The van der Waals surface area contributed by atoms with Gasteiger partial charge in [0.15, 0.2) is 0 Å². The standard InChI is InChI=1S/C15H30O3/c1-4-6-8-10-15(3,11-9-7-5-2)13-18-12-14(16)17/h4-13H2,1-3H3,(H,16,17). The molecule has 0 aliphatic carbocycles. The minimum absolute atomic E-state index is 0.153. The lowest BCUT2D eigenvalue weighted by Gasteiger charge is -2.29. The number of hydrogen-bond donors (Lipinski definition) is 1. The maximum Gasteiger partial charge on any atom is 0.329 e. The van der Waals surface area contributed by atoms with E-state index in [4.69, 9.17) is 9.84 Å². The number of hydrogen-bond acceptors (Lipinski definition) is 2. The second-order valence-corrected chi connectivity index (χ2v) is 5.61. The summed E-state index contributed by atoms with van der Waals surface area (Å²) in [5, 5.41) is 8.61. The van der Waals surface area contributed by atoms with Crippen molar-refractivity contribution >= 4 is 5.97 Å². The van der Waals surface area contributed by atoms with Gasteiger partial charge in [0.25, 0.3) is 0 Å². The molecule has 1 N–H and O–H groups in total. The average molecular weight is 258 g/mol. The lowest BCUT2D eigenvalue weighted by atomic mass is 9.80. The molecule has 0 spiro atoms. The van der Waals surface area contributed by atoms with Crippen LogP contribution in [-0.2, 0) is 9.53 Å². The fraction of sp³-hybridized carbons (Fsp3) is 0.933. The summed E-state index contributed by atoms with van der Waals surface area (Å²) >= 11 is 0. The molecule has 3 heteroatoms. The van der Waals surface area contributed by atoms with Crippen molar-refractivity contribution in [2.75, 3.05) is 13.2 Å². The first-order valence-corrected chi connectivity index (χ1v) is 7.33. The van der Waals surface area contributed by atoms with Crippen LogP contribution in [0, 0.1) is 5.41 Å². The van der Waals surface area contributed by atoms with Crippen LogP contribution in [0.1, 0.15) is 72.1 Å². The summed E-state index contributed by atoms with van der Waals surface area (Å²) in [4.78, 5) is 10.5. The number of carboxylic acids is 1. The van der Waals surface area contributed by atoms with Gasteiger partial charge in [-0.15, -0.1) is 0 Å². The zero-order valence-electron chi connectivity index (χ0n) is 12.3. The minimum atomic E-state index is -0.875. The molecule has 0 saturated heterocycles. The Morgan fingerprint density at radius 2 is 1.56 bits per heavy atom. The minimum Gasteiger partial charge on any atom is -0.480 e. The van der Waals surface area contributed by atoms with E-state index in [-0.39, 0.29) is 12.0 Å². The molecule has 108 valence electrons. The van der Waals surface area contributed by atoms with E-state index in [1.165, 1.54) is 38.5 Å². The van der Waals surface area contributed by atoms with Crippen molar-refractivity contribution in [2.24, 2.45) is 5.41 Å². The molecule has 0 aromatic carbocycles. The molecule has 0 saturated carbocycles. The van der Waals surface area contributed by atoms with Crippen LogP contribution >= 0.6 is 0 Å². The summed E-state index contributed by atoms with van der Waals surface area (Å²) in [7, 11) is 0. The molecule has 0 fully saturated rings. The quantitative estimate of drug-likeness (QED) is 0.532. The second-order valence-electron chi connectivity index (χ2n) is 5.61. The zero-order valence-corrected chi connectivity index (χ0v) is 12.3. The van der Waals surface area contributed by atoms with Crippen LogP contribution in [0.3, 0.4) is 0 Å². The second kappa shape index (κ2) is 10.4. The maximum absolute atomic E-state index is 10.5. The van der Waals surface area contributed by atoms with E-state index in [0.717, 1.165) is 12.8 Å². The Hall–Kier alpha value is -0.570. The van der Waals surface area contributed by atoms with Crippen molar-refractivity contribution in [2.45, 2.75) is 72.1 Å². The largest absolute Gasteiger partial charge is 0.480 e. The summed E-state index contributed by atoms with van der Waals surface area (Å²) in [5.41, 5.74) is 0.153. The van der Waals surface area contributed by atoms with Crippen LogP contribution in [0.15, 0.2) is 0 Å². The monoisotopic (exact) mass is 258 g/mol. The maximum atomic E-state index is 10.5. The molecule has 0 aliphatic heterocycles. The van der Waals surface area contributed by atoms with Crippen molar-refractivity contribution in [3.05, 3.63) is 0 Å². The Labute approximate surface area is 112 Å². The number of ether oxygens (including phenoxy) is 1. The van der Waals surface area contributed by atoms with Crippen LogP contribution in [-0.4, -0.2) is 24.3 Å². The Bertz CT molecular complexity index is 204. The average Bonchev–Trinajstić information content (AvgIpc) is 2.29. The van der Waals surface area contributed by atoms with Gasteiger partial charge < -0.3 is 9.84 Å². The van der Waals surface area contributed by atoms with Crippen LogP contribution < -0.4 is 0 Å². The number of carboxylic acid groups (broad SMARTS) is 1. The van der Waals surface area contributed by atoms with E-state index in [1.807, 2.05) is 0 Å². The van der Waals surface area contributed by atoms with Crippen molar-refractivity contribution in [3.8, 4) is 0 Å². The van der Waals surface area contributed by atoms with Gasteiger partial charge in [-0.3, -0.25) is 0 Å². The fourth-order valence-electron chi connectivity index (χ4n) is 2.26. The van der Waals surface area contributed by atoms with E-state index >= 15 is 0 Å². The molecule has 0 rings (SSSR count). The Kier molecular flexibility index (Phi) is 10.0. The molecule has 0 atom stereocenters.